The average Bonchev–Trinajstić information content (AvgIpc) is 2.27. The Kier molecular flexibility index (Phi) is 7.09. The number of nitrogens with one attached hydrogen (secondary N) is 1. The van der Waals surface area contributed by atoms with E-state index in [0.29, 0.717) is 12.1 Å². The molecule has 3 nitrogen and oxygen atoms in total. The Labute approximate surface area is 107 Å². The maximum atomic E-state index is 5.92. The average molecular weight is 242 g/mol. The first-order chi connectivity index (χ1) is 8.13. The maximum absolute atomic E-state index is 5.92. The molecule has 1 rings (SSSR count). The molecule has 0 aromatic rings. The molecule has 17 heavy (non-hydrogen) atoms. The quantitative estimate of drug-likeness (QED) is 0.740. The fourth-order valence-corrected chi connectivity index (χ4v) is 2.48. The topological polar surface area (TPSA) is 24.5 Å². The molecule has 0 bridgehead atoms. The van der Waals surface area contributed by atoms with Crippen LogP contribution in [0, 0.1) is 5.92 Å². The normalized spacial score (nSPS) is 24.2. The van der Waals surface area contributed by atoms with E-state index in [2.05, 4.69) is 38.0 Å². The second-order valence-electron chi connectivity index (χ2n) is 5.66. The minimum absolute atomic E-state index is 0.376. The van der Waals surface area contributed by atoms with Gasteiger partial charge in [-0.25, -0.2) is 0 Å². The van der Waals surface area contributed by atoms with E-state index in [9.17, 15) is 0 Å². The van der Waals surface area contributed by atoms with Crippen LogP contribution in [0.5, 0.6) is 0 Å². The summed E-state index contributed by atoms with van der Waals surface area (Å²) in [6.45, 7) is 10.8. The Morgan fingerprint density at radius 2 is 2.12 bits per heavy atom. The number of nitrogens with zero attached hydrogens (tertiary/aromatic N) is 1. The van der Waals surface area contributed by atoms with Gasteiger partial charge >= 0.3 is 0 Å². The minimum atomic E-state index is 0.376. The van der Waals surface area contributed by atoms with E-state index < -0.39 is 0 Å². The minimum Gasteiger partial charge on any atom is -0.374 e. The summed E-state index contributed by atoms with van der Waals surface area (Å²) in [5.41, 5.74) is 0. The maximum Gasteiger partial charge on any atom is 0.0855 e. The second-order valence-corrected chi connectivity index (χ2v) is 5.66. The Morgan fingerprint density at radius 3 is 2.71 bits per heavy atom. The van der Waals surface area contributed by atoms with Crippen LogP contribution in [-0.2, 0) is 4.74 Å². The highest BCUT2D eigenvalue weighted by molar-refractivity contribution is 4.82. The molecule has 0 aromatic carbocycles. The molecule has 2 unspecified atom stereocenters. The first-order valence-electron chi connectivity index (χ1n) is 7.17. The van der Waals surface area contributed by atoms with E-state index in [1.165, 1.54) is 19.3 Å². The van der Waals surface area contributed by atoms with Gasteiger partial charge in [-0.2, -0.15) is 0 Å². The van der Waals surface area contributed by atoms with Gasteiger partial charge in [-0.05, 0) is 25.9 Å². The SMILES string of the molecule is CCNC(CCCC(C)C)C1CN(C)CCO1. The molecule has 3 heteroatoms. The molecule has 1 N–H and O–H groups in total. The third-order valence-corrected chi connectivity index (χ3v) is 3.51. The molecule has 1 fully saturated rings. The van der Waals surface area contributed by atoms with Crippen LogP contribution in [0.3, 0.4) is 0 Å². The molecule has 0 radical (unpaired) electrons. The van der Waals surface area contributed by atoms with Crippen LogP contribution in [0.1, 0.15) is 40.0 Å². The van der Waals surface area contributed by atoms with Crippen molar-refractivity contribution in [1.29, 1.82) is 0 Å². The summed E-state index contributed by atoms with van der Waals surface area (Å²) in [7, 11) is 2.19. The van der Waals surface area contributed by atoms with Gasteiger partial charge in [-0.1, -0.05) is 33.6 Å². The molecule has 0 saturated carbocycles. The molecule has 102 valence electrons. The standard InChI is InChI=1S/C14H30N2O/c1-5-15-13(8-6-7-12(2)3)14-11-16(4)9-10-17-14/h12-15H,5-11H2,1-4H3. The van der Waals surface area contributed by atoms with Crippen LogP contribution in [0.2, 0.25) is 0 Å². The van der Waals surface area contributed by atoms with Gasteiger partial charge in [0.05, 0.1) is 12.7 Å². The van der Waals surface area contributed by atoms with Crippen molar-refractivity contribution in [3.63, 3.8) is 0 Å². The van der Waals surface area contributed by atoms with Gasteiger partial charge in [0.25, 0.3) is 0 Å². The third kappa shape index (κ3) is 5.84. The number of ether oxygens (including phenoxy) is 1. The zero-order valence-corrected chi connectivity index (χ0v) is 12.0. The van der Waals surface area contributed by atoms with Gasteiger partial charge in [0.1, 0.15) is 0 Å². The summed E-state index contributed by atoms with van der Waals surface area (Å²) in [6.07, 6.45) is 4.24. The molecule has 2 atom stereocenters. The van der Waals surface area contributed by atoms with Gasteiger partial charge < -0.3 is 15.0 Å². The van der Waals surface area contributed by atoms with E-state index in [4.69, 9.17) is 4.74 Å². The molecule has 1 heterocycles. The summed E-state index contributed by atoms with van der Waals surface area (Å²) < 4.78 is 5.92. The van der Waals surface area contributed by atoms with E-state index in [0.717, 1.165) is 32.2 Å². The lowest BCUT2D eigenvalue weighted by Gasteiger charge is -2.35. The predicted molar refractivity (Wildman–Crippen MR) is 73.4 cm³/mol. The number of morpholine rings is 1. The third-order valence-electron chi connectivity index (χ3n) is 3.51. The van der Waals surface area contributed by atoms with Crippen LogP contribution >= 0.6 is 0 Å². The Balaban J connectivity index is 2.35. The molecule has 0 aliphatic carbocycles. The Morgan fingerprint density at radius 1 is 1.35 bits per heavy atom. The van der Waals surface area contributed by atoms with Gasteiger partial charge in [0.15, 0.2) is 0 Å². The van der Waals surface area contributed by atoms with E-state index in [1.54, 1.807) is 0 Å². The molecule has 0 amide bonds. The van der Waals surface area contributed by atoms with Crippen molar-refractivity contribution in [3.8, 4) is 0 Å². The summed E-state index contributed by atoms with van der Waals surface area (Å²) in [4.78, 5) is 2.38. The number of hydrogen-bond donors (Lipinski definition) is 1. The summed E-state index contributed by atoms with van der Waals surface area (Å²) in [5.74, 6) is 0.812. The molecule has 1 aliphatic rings. The fraction of sp³-hybridized carbons (Fsp3) is 1.00. The largest absolute Gasteiger partial charge is 0.374 e. The molecular formula is C14H30N2O. The monoisotopic (exact) mass is 242 g/mol. The number of likely N-dealkylation sites (N-methyl/N-ethyl adjacent to an activating group) is 2. The first-order valence-corrected chi connectivity index (χ1v) is 7.17. The molecule has 0 spiro atoms. The highest BCUT2D eigenvalue weighted by Gasteiger charge is 2.25. The van der Waals surface area contributed by atoms with Crippen molar-refractivity contribution in [2.24, 2.45) is 5.92 Å². The van der Waals surface area contributed by atoms with Crippen LogP contribution in [-0.4, -0.2) is 50.3 Å². The summed E-state index contributed by atoms with van der Waals surface area (Å²) >= 11 is 0. The lowest BCUT2D eigenvalue weighted by Crippen LogP contribution is -2.51. The van der Waals surface area contributed by atoms with E-state index in [1.807, 2.05) is 0 Å². The van der Waals surface area contributed by atoms with E-state index >= 15 is 0 Å². The van der Waals surface area contributed by atoms with Crippen molar-refractivity contribution in [1.82, 2.24) is 10.2 Å². The zero-order valence-electron chi connectivity index (χ0n) is 12.0. The fourth-order valence-electron chi connectivity index (χ4n) is 2.48. The van der Waals surface area contributed by atoms with Crippen molar-refractivity contribution in [2.45, 2.75) is 52.2 Å². The van der Waals surface area contributed by atoms with Crippen molar-refractivity contribution < 1.29 is 4.74 Å². The van der Waals surface area contributed by atoms with E-state index in [-0.39, 0.29) is 0 Å². The van der Waals surface area contributed by atoms with Crippen LogP contribution in [0.4, 0.5) is 0 Å². The lowest BCUT2D eigenvalue weighted by molar-refractivity contribution is -0.0400. The summed E-state index contributed by atoms with van der Waals surface area (Å²) in [5, 5.41) is 3.59. The molecule has 1 saturated heterocycles. The van der Waals surface area contributed by atoms with Crippen LogP contribution in [0.25, 0.3) is 0 Å². The highest BCUT2D eigenvalue weighted by Crippen LogP contribution is 2.15. The van der Waals surface area contributed by atoms with Crippen molar-refractivity contribution in [2.75, 3.05) is 33.3 Å². The lowest BCUT2D eigenvalue weighted by atomic mass is 9.99. The van der Waals surface area contributed by atoms with Crippen LogP contribution in [0.15, 0.2) is 0 Å². The van der Waals surface area contributed by atoms with Gasteiger partial charge in [0, 0.05) is 19.1 Å². The molecular weight excluding hydrogens is 212 g/mol. The molecule has 1 aliphatic heterocycles. The number of rotatable bonds is 7. The summed E-state index contributed by atoms with van der Waals surface area (Å²) in [6, 6.07) is 0.529. The Bertz CT molecular complexity index is 197. The smallest absolute Gasteiger partial charge is 0.0855 e. The second kappa shape index (κ2) is 8.06. The number of hydrogen-bond acceptors (Lipinski definition) is 3. The Hall–Kier alpha value is -0.120. The van der Waals surface area contributed by atoms with Crippen molar-refractivity contribution >= 4 is 0 Å². The first kappa shape index (κ1) is 14.9. The van der Waals surface area contributed by atoms with Gasteiger partial charge in [0.2, 0.25) is 0 Å². The highest BCUT2D eigenvalue weighted by atomic mass is 16.5. The zero-order chi connectivity index (χ0) is 12.7. The van der Waals surface area contributed by atoms with Crippen molar-refractivity contribution in [3.05, 3.63) is 0 Å². The molecule has 0 aromatic heterocycles. The van der Waals surface area contributed by atoms with Gasteiger partial charge in [-0.3, -0.25) is 0 Å². The van der Waals surface area contributed by atoms with Gasteiger partial charge in [-0.15, -0.1) is 0 Å². The predicted octanol–water partition coefficient (Wildman–Crippen LogP) is 2.12. The van der Waals surface area contributed by atoms with Crippen LogP contribution < -0.4 is 5.32 Å².